The van der Waals surface area contributed by atoms with Gasteiger partial charge >= 0.3 is 0 Å². The number of hydrogen-bond acceptors (Lipinski definition) is 7. The predicted octanol–water partition coefficient (Wildman–Crippen LogP) is 2.34. The zero-order valence-corrected chi connectivity index (χ0v) is 14.9. The standard InChI is InChI=1S/C18H26N6O/c1-3-23-9-11-24(12-10-23)18-16(19)17(20-13-21-18)22-14-7-5-6-8-15(14)25-4-2/h5-8,13H,3-4,9-12,19H2,1-2H3,(H,20,21,22). The van der Waals surface area contributed by atoms with Crippen LogP contribution in [0.1, 0.15) is 13.8 Å². The molecule has 0 amide bonds. The Kier molecular flexibility index (Phi) is 5.55. The van der Waals surface area contributed by atoms with Crippen LogP contribution in [0.5, 0.6) is 5.75 Å². The second-order valence-electron chi connectivity index (χ2n) is 5.94. The van der Waals surface area contributed by atoms with Crippen LogP contribution in [0.3, 0.4) is 0 Å². The Morgan fingerprint density at radius 1 is 1.12 bits per heavy atom. The van der Waals surface area contributed by atoms with E-state index in [-0.39, 0.29) is 0 Å². The van der Waals surface area contributed by atoms with Crippen molar-refractivity contribution in [3.8, 4) is 5.75 Å². The second kappa shape index (κ2) is 8.02. The quantitative estimate of drug-likeness (QED) is 0.834. The molecule has 0 aliphatic carbocycles. The normalized spacial score (nSPS) is 15.2. The number of piperazine rings is 1. The molecule has 1 aliphatic heterocycles. The van der Waals surface area contributed by atoms with Gasteiger partial charge < -0.3 is 25.6 Å². The summed E-state index contributed by atoms with van der Waals surface area (Å²) in [6.45, 7) is 9.72. The number of anilines is 4. The number of rotatable bonds is 6. The van der Waals surface area contributed by atoms with E-state index in [0.717, 1.165) is 50.0 Å². The first kappa shape index (κ1) is 17.3. The average Bonchev–Trinajstić information content (AvgIpc) is 2.65. The molecule has 7 heteroatoms. The molecule has 0 spiro atoms. The predicted molar refractivity (Wildman–Crippen MR) is 102 cm³/mol. The Morgan fingerprint density at radius 3 is 2.60 bits per heavy atom. The van der Waals surface area contributed by atoms with Crippen LogP contribution in [-0.4, -0.2) is 54.2 Å². The SMILES string of the molecule is CCOc1ccccc1Nc1ncnc(N2CCN(CC)CC2)c1N. The molecular formula is C18H26N6O. The van der Waals surface area contributed by atoms with Gasteiger partial charge in [0.2, 0.25) is 0 Å². The zero-order valence-electron chi connectivity index (χ0n) is 14.9. The highest BCUT2D eigenvalue weighted by Crippen LogP contribution is 2.32. The van der Waals surface area contributed by atoms with E-state index in [9.17, 15) is 0 Å². The Balaban J connectivity index is 1.80. The van der Waals surface area contributed by atoms with E-state index < -0.39 is 0 Å². The molecule has 1 fully saturated rings. The summed E-state index contributed by atoms with van der Waals surface area (Å²) in [5, 5.41) is 3.29. The van der Waals surface area contributed by atoms with Crippen LogP contribution in [0.25, 0.3) is 0 Å². The number of nitrogens with zero attached hydrogens (tertiary/aromatic N) is 4. The maximum Gasteiger partial charge on any atom is 0.159 e. The fourth-order valence-electron chi connectivity index (χ4n) is 2.99. The summed E-state index contributed by atoms with van der Waals surface area (Å²) in [6.07, 6.45) is 1.56. The summed E-state index contributed by atoms with van der Waals surface area (Å²) in [5.74, 6) is 2.18. The van der Waals surface area contributed by atoms with Crippen LogP contribution in [0.2, 0.25) is 0 Å². The van der Waals surface area contributed by atoms with Crippen molar-refractivity contribution in [2.75, 3.05) is 55.3 Å². The van der Waals surface area contributed by atoms with Gasteiger partial charge in [-0.1, -0.05) is 19.1 Å². The molecule has 0 unspecified atom stereocenters. The number of nitrogen functional groups attached to an aromatic ring is 1. The maximum atomic E-state index is 6.37. The summed E-state index contributed by atoms with van der Waals surface area (Å²) >= 11 is 0. The smallest absolute Gasteiger partial charge is 0.159 e. The highest BCUT2D eigenvalue weighted by molar-refractivity contribution is 5.79. The molecule has 1 aliphatic rings. The molecule has 0 radical (unpaired) electrons. The van der Waals surface area contributed by atoms with Crippen LogP contribution >= 0.6 is 0 Å². The van der Waals surface area contributed by atoms with Gasteiger partial charge in [0, 0.05) is 26.2 Å². The summed E-state index contributed by atoms with van der Waals surface area (Å²) in [7, 11) is 0. The monoisotopic (exact) mass is 342 g/mol. The van der Waals surface area contributed by atoms with E-state index in [2.05, 4.69) is 32.0 Å². The molecule has 0 bridgehead atoms. The second-order valence-corrected chi connectivity index (χ2v) is 5.94. The molecule has 2 aromatic rings. The molecule has 2 heterocycles. The molecule has 1 aromatic heterocycles. The lowest BCUT2D eigenvalue weighted by atomic mass is 10.2. The number of nitrogens with two attached hydrogens (primary N) is 1. The maximum absolute atomic E-state index is 6.37. The van der Waals surface area contributed by atoms with Gasteiger partial charge in [-0.15, -0.1) is 0 Å². The fraction of sp³-hybridized carbons (Fsp3) is 0.444. The molecule has 1 aromatic carbocycles. The first-order valence-electron chi connectivity index (χ1n) is 8.79. The highest BCUT2D eigenvalue weighted by Gasteiger charge is 2.20. The number of ether oxygens (including phenoxy) is 1. The zero-order chi connectivity index (χ0) is 17.6. The van der Waals surface area contributed by atoms with E-state index in [1.807, 2.05) is 31.2 Å². The summed E-state index contributed by atoms with van der Waals surface area (Å²) < 4.78 is 5.66. The first-order chi connectivity index (χ1) is 12.2. The third-order valence-electron chi connectivity index (χ3n) is 4.42. The Hall–Kier alpha value is -2.54. The minimum absolute atomic E-state index is 0.568. The van der Waals surface area contributed by atoms with Gasteiger partial charge in [0.05, 0.1) is 12.3 Å². The number of hydrogen-bond donors (Lipinski definition) is 2. The van der Waals surface area contributed by atoms with E-state index in [0.29, 0.717) is 18.1 Å². The number of para-hydroxylation sites is 2. The summed E-state index contributed by atoms with van der Waals surface area (Å²) in [5.41, 5.74) is 7.78. The van der Waals surface area contributed by atoms with Crippen LogP contribution in [0.4, 0.5) is 23.0 Å². The Bertz CT molecular complexity index is 700. The lowest BCUT2D eigenvalue weighted by Gasteiger charge is -2.35. The molecule has 134 valence electrons. The van der Waals surface area contributed by atoms with Crippen molar-refractivity contribution in [2.45, 2.75) is 13.8 Å². The number of aromatic nitrogens is 2. The third kappa shape index (κ3) is 3.93. The molecule has 3 rings (SSSR count). The van der Waals surface area contributed by atoms with Crippen LogP contribution in [-0.2, 0) is 0 Å². The largest absolute Gasteiger partial charge is 0.492 e. The first-order valence-corrected chi connectivity index (χ1v) is 8.79. The third-order valence-corrected chi connectivity index (χ3v) is 4.42. The van der Waals surface area contributed by atoms with Gasteiger partial charge in [0.15, 0.2) is 11.6 Å². The van der Waals surface area contributed by atoms with Crippen molar-refractivity contribution < 1.29 is 4.74 Å². The Labute approximate surface area is 148 Å². The lowest BCUT2D eigenvalue weighted by molar-refractivity contribution is 0.270. The molecular weight excluding hydrogens is 316 g/mol. The average molecular weight is 342 g/mol. The van der Waals surface area contributed by atoms with Crippen molar-refractivity contribution in [3.63, 3.8) is 0 Å². The van der Waals surface area contributed by atoms with Gasteiger partial charge in [-0.05, 0) is 25.6 Å². The van der Waals surface area contributed by atoms with E-state index in [1.165, 1.54) is 0 Å². The summed E-state index contributed by atoms with van der Waals surface area (Å²) in [4.78, 5) is 13.4. The van der Waals surface area contributed by atoms with E-state index >= 15 is 0 Å². The van der Waals surface area contributed by atoms with Gasteiger partial charge in [-0.2, -0.15) is 0 Å². The molecule has 3 N–H and O–H groups in total. The van der Waals surface area contributed by atoms with E-state index in [4.69, 9.17) is 10.5 Å². The fourth-order valence-corrected chi connectivity index (χ4v) is 2.99. The van der Waals surface area contributed by atoms with Gasteiger partial charge in [-0.25, -0.2) is 9.97 Å². The highest BCUT2D eigenvalue weighted by atomic mass is 16.5. The Morgan fingerprint density at radius 2 is 1.88 bits per heavy atom. The van der Waals surface area contributed by atoms with Crippen molar-refractivity contribution in [3.05, 3.63) is 30.6 Å². The van der Waals surface area contributed by atoms with E-state index in [1.54, 1.807) is 6.33 Å². The summed E-state index contributed by atoms with van der Waals surface area (Å²) in [6, 6.07) is 7.77. The minimum Gasteiger partial charge on any atom is -0.492 e. The number of nitrogens with one attached hydrogen (secondary N) is 1. The van der Waals surface area contributed by atoms with Crippen molar-refractivity contribution >= 4 is 23.0 Å². The molecule has 0 atom stereocenters. The molecule has 0 saturated carbocycles. The van der Waals surface area contributed by atoms with Crippen molar-refractivity contribution in [2.24, 2.45) is 0 Å². The van der Waals surface area contributed by atoms with Crippen LogP contribution in [0, 0.1) is 0 Å². The number of benzene rings is 1. The van der Waals surface area contributed by atoms with Gasteiger partial charge in [0.1, 0.15) is 17.8 Å². The van der Waals surface area contributed by atoms with Gasteiger partial charge in [-0.3, -0.25) is 0 Å². The van der Waals surface area contributed by atoms with Crippen molar-refractivity contribution in [1.29, 1.82) is 0 Å². The minimum atomic E-state index is 0.568. The molecule has 7 nitrogen and oxygen atoms in total. The molecule has 25 heavy (non-hydrogen) atoms. The lowest BCUT2D eigenvalue weighted by Crippen LogP contribution is -2.46. The van der Waals surface area contributed by atoms with Crippen molar-refractivity contribution in [1.82, 2.24) is 14.9 Å². The molecule has 1 saturated heterocycles. The van der Waals surface area contributed by atoms with Gasteiger partial charge in [0.25, 0.3) is 0 Å². The van der Waals surface area contributed by atoms with Crippen LogP contribution in [0.15, 0.2) is 30.6 Å². The number of likely N-dealkylation sites (N-methyl/N-ethyl adjacent to an activating group) is 1. The van der Waals surface area contributed by atoms with Crippen LogP contribution < -0.4 is 20.7 Å². The topological polar surface area (TPSA) is 79.5 Å².